The molecule has 0 saturated heterocycles. The number of aromatic nitrogens is 3. The van der Waals surface area contributed by atoms with Gasteiger partial charge in [-0.1, -0.05) is 25.0 Å². The lowest BCUT2D eigenvalue weighted by Gasteiger charge is -2.15. The van der Waals surface area contributed by atoms with Crippen molar-refractivity contribution < 1.29 is 9.53 Å². The Morgan fingerprint density at radius 1 is 1.17 bits per heavy atom. The maximum Gasteiger partial charge on any atom is 0.337 e. The van der Waals surface area contributed by atoms with E-state index in [1.54, 1.807) is 12.1 Å². The molecule has 1 aromatic carbocycles. The van der Waals surface area contributed by atoms with Gasteiger partial charge in [0.15, 0.2) is 5.65 Å². The van der Waals surface area contributed by atoms with Crippen LogP contribution in [0.5, 0.6) is 0 Å². The summed E-state index contributed by atoms with van der Waals surface area (Å²) in [6, 6.07) is 11.8. The quantitative estimate of drug-likeness (QED) is 0.684. The molecule has 0 spiro atoms. The van der Waals surface area contributed by atoms with Crippen molar-refractivity contribution in [2.45, 2.75) is 31.7 Å². The maximum absolute atomic E-state index is 11.6. The van der Waals surface area contributed by atoms with E-state index in [0.717, 1.165) is 35.4 Å². The van der Waals surface area contributed by atoms with Crippen molar-refractivity contribution in [1.82, 2.24) is 14.5 Å². The molecule has 1 fully saturated rings. The smallest absolute Gasteiger partial charge is 0.337 e. The van der Waals surface area contributed by atoms with Crippen molar-refractivity contribution in [2.24, 2.45) is 0 Å². The normalized spacial score (nSPS) is 15.0. The van der Waals surface area contributed by atoms with E-state index < -0.39 is 0 Å². The number of carbonyl (C=O) groups excluding carboxylic acids is 1. The fourth-order valence-corrected chi connectivity index (χ4v) is 3.51. The van der Waals surface area contributed by atoms with Crippen LogP contribution >= 0.6 is 0 Å². The zero-order valence-electron chi connectivity index (χ0n) is 13.6. The van der Waals surface area contributed by atoms with Crippen LogP contribution in [-0.4, -0.2) is 27.6 Å². The predicted octanol–water partition coefficient (Wildman–Crippen LogP) is 4.00. The molecule has 2 heterocycles. The van der Waals surface area contributed by atoms with Crippen LogP contribution in [0, 0.1) is 0 Å². The molecular formula is C19H19N3O2. The molecule has 5 heteroatoms. The highest BCUT2D eigenvalue weighted by molar-refractivity contribution is 5.90. The summed E-state index contributed by atoms with van der Waals surface area (Å²) in [4.78, 5) is 21.0. The van der Waals surface area contributed by atoms with Gasteiger partial charge in [-0.15, -0.1) is 0 Å². The zero-order valence-corrected chi connectivity index (χ0v) is 13.6. The van der Waals surface area contributed by atoms with Gasteiger partial charge in [-0.25, -0.2) is 14.8 Å². The van der Waals surface area contributed by atoms with Crippen molar-refractivity contribution in [3.05, 3.63) is 48.2 Å². The van der Waals surface area contributed by atoms with Crippen molar-refractivity contribution in [3.8, 4) is 11.4 Å². The number of imidazole rings is 1. The molecule has 2 aromatic heterocycles. The molecule has 0 N–H and O–H groups in total. The monoisotopic (exact) mass is 321 g/mol. The topological polar surface area (TPSA) is 57.0 Å². The molecule has 24 heavy (non-hydrogen) atoms. The fourth-order valence-electron chi connectivity index (χ4n) is 3.51. The minimum atomic E-state index is -0.326. The second-order valence-corrected chi connectivity index (χ2v) is 6.16. The van der Waals surface area contributed by atoms with Crippen LogP contribution in [0.3, 0.4) is 0 Å². The number of methoxy groups -OCH3 is 1. The van der Waals surface area contributed by atoms with E-state index in [4.69, 9.17) is 9.72 Å². The number of hydrogen-bond acceptors (Lipinski definition) is 4. The Bertz CT molecular complexity index is 877. The Morgan fingerprint density at radius 2 is 1.92 bits per heavy atom. The average Bonchev–Trinajstić information content (AvgIpc) is 3.28. The van der Waals surface area contributed by atoms with Gasteiger partial charge in [0.2, 0.25) is 0 Å². The van der Waals surface area contributed by atoms with Gasteiger partial charge in [0.25, 0.3) is 0 Å². The number of ether oxygens (including phenoxy) is 1. The molecule has 1 saturated carbocycles. The van der Waals surface area contributed by atoms with Crippen LogP contribution in [0.1, 0.15) is 42.1 Å². The third kappa shape index (κ3) is 2.46. The van der Waals surface area contributed by atoms with Gasteiger partial charge in [0, 0.05) is 17.8 Å². The lowest BCUT2D eigenvalue weighted by molar-refractivity contribution is 0.0601. The van der Waals surface area contributed by atoms with E-state index >= 15 is 0 Å². The van der Waals surface area contributed by atoms with Gasteiger partial charge in [-0.2, -0.15) is 0 Å². The molecule has 122 valence electrons. The lowest BCUT2D eigenvalue weighted by atomic mass is 10.1. The zero-order chi connectivity index (χ0) is 16.5. The predicted molar refractivity (Wildman–Crippen MR) is 91.8 cm³/mol. The molecule has 3 aromatic rings. The van der Waals surface area contributed by atoms with Crippen LogP contribution in [0.4, 0.5) is 0 Å². The first-order valence-electron chi connectivity index (χ1n) is 8.29. The van der Waals surface area contributed by atoms with Gasteiger partial charge in [-0.3, -0.25) is 0 Å². The minimum absolute atomic E-state index is 0.326. The number of pyridine rings is 1. The van der Waals surface area contributed by atoms with Crippen LogP contribution in [0.25, 0.3) is 22.6 Å². The summed E-state index contributed by atoms with van der Waals surface area (Å²) < 4.78 is 7.04. The van der Waals surface area contributed by atoms with E-state index in [9.17, 15) is 4.79 Å². The molecule has 4 rings (SSSR count). The van der Waals surface area contributed by atoms with Crippen LogP contribution in [0.15, 0.2) is 42.6 Å². The fraction of sp³-hybridized carbons (Fsp3) is 0.316. The molecule has 5 nitrogen and oxygen atoms in total. The highest BCUT2D eigenvalue weighted by atomic mass is 16.5. The number of esters is 1. The number of hydrogen-bond donors (Lipinski definition) is 0. The number of benzene rings is 1. The van der Waals surface area contributed by atoms with E-state index in [1.807, 2.05) is 30.5 Å². The first kappa shape index (κ1) is 14.9. The Labute approximate surface area is 140 Å². The van der Waals surface area contributed by atoms with E-state index in [-0.39, 0.29) is 5.97 Å². The standard InChI is InChI=1S/C19H19N3O2/c1-24-19(23)14-10-8-13(9-11-14)17-21-16-7-4-12-20-18(16)22(17)15-5-2-3-6-15/h4,7-12,15H,2-3,5-6H2,1H3. The SMILES string of the molecule is COC(=O)c1ccc(-c2nc3cccnc3n2C2CCCC2)cc1. The molecule has 0 amide bonds. The molecule has 0 radical (unpaired) electrons. The van der Waals surface area contributed by atoms with Crippen LogP contribution in [0.2, 0.25) is 0 Å². The first-order chi connectivity index (χ1) is 11.8. The number of fused-ring (bicyclic) bond motifs is 1. The molecular weight excluding hydrogens is 302 g/mol. The molecule has 0 unspecified atom stereocenters. The summed E-state index contributed by atoms with van der Waals surface area (Å²) in [6.45, 7) is 0. The van der Waals surface area contributed by atoms with Gasteiger partial charge < -0.3 is 9.30 Å². The van der Waals surface area contributed by atoms with E-state index in [1.165, 1.54) is 20.0 Å². The van der Waals surface area contributed by atoms with Crippen molar-refractivity contribution >= 4 is 17.1 Å². The summed E-state index contributed by atoms with van der Waals surface area (Å²) in [6.07, 6.45) is 6.64. The summed E-state index contributed by atoms with van der Waals surface area (Å²) >= 11 is 0. The third-order valence-corrected chi connectivity index (χ3v) is 4.70. The molecule has 0 bridgehead atoms. The first-order valence-corrected chi connectivity index (χ1v) is 8.29. The Kier molecular flexibility index (Phi) is 3.76. The maximum atomic E-state index is 11.6. The Morgan fingerprint density at radius 3 is 2.62 bits per heavy atom. The molecule has 0 atom stereocenters. The second-order valence-electron chi connectivity index (χ2n) is 6.16. The molecule has 1 aliphatic carbocycles. The number of carbonyl (C=O) groups is 1. The Hall–Kier alpha value is -2.69. The summed E-state index contributed by atoms with van der Waals surface area (Å²) in [5.41, 5.74) is 3.39. The van der Waals surface area contributed by atoms with Gasteiger partial charge in [0.1, 0.15) is 11.3 Å². The van der Waals surface area contributed by atoms with Crippen LogP contribution < -0.4 is 0 Å². The van der Waals surface area contributed by atoms with Crippen molar-refractivity contribution in [1.29, 1.82) is 0 Å². The largest absolute Gasteiger partial charge is 0.465 e. The van der Waals surface area contributed by atoms with Gasteiger partial charge >= 0.3 is 5.97 Å². The van der Waals surface area contributed by atoms with Crippen molar-refractivity contribution in [3.63, 3.8) is 0 Å². The summed E-state index contributed by atoms with van der Waals surface area (Å²) in [7, 11) is 1.39. The number of rotatable bonds is 3. The van der Waals surface area contributed by atoms with Gasteiger partial charge in [0.05, 0.1) is 12.7 Å². The summed E-state index contributed by atoms with van der Waals surface area (Å²) in [5.74, 6) is 0.597. The second kappa shape index (κ2) is 6.07. The lowest BCUT2D eigenvalue weighted by Crippen LogP contribution is -2.07. The highest BCUT2D eigenvalue weighted by Gasteiger charge is 2.24. The minimum Gasteiger partial charge on any atom is -0.465 e. The third-order valence-electron chi connectivity index (χ3n) is 4.70. The van der Waals surface area contributed by atoms with E-state index in [0.29, 0.717) is 11.6 Å². The highest BCUT2D eigenvalue weighted by Crippen LogP contribution is 2.36. The Balaban J connectivity index is 1.83. The number of nitrogens with zero attached hydrogens (tertiary/aromatic N) is 3. The molecule has 1 aliphatic rings. The molecule has 0 aliphatic heterocycles. The van der Waals surface area contributed by atoms with Crippen molar-refractivity contribution in [2.75, 3.05) is 7.11 Å². The van der Waals surface area contributed by atoms with E-state index in [2.05, 4.69) is 9.55 Å². The average molecular weight is 321 g/mol. The van der Waals surface area contributed by atoms with Gasteiger partial charge in [-0.05, 0) is 37.1 Å². The van der Waals surface area contributed by atoms with Crippen LogP contribution in [-0.2, 0) is 4.74 Å². The summed E-state index contributed by atoms with van der Waals surface area (Å²) in [5, 5.41) is 0.